The van der Waals surface area contributed by atoms with Crippen LogP contribution < -0.4 is 0 Å². The highest BCUT2D eigenvalue weighted by molar-refractivity contribution is 4.99. The van der Waals surface area contributed by atoms with Gasteiger partial charge in [-0.05, 0) is 0 Å². The molecule has 1 heterocycles. The van der Waals surface area contributed by atoms with Crippen LogP contribution in [0.3, 0.4) is 0 Å². The summed E-state index contributed by atoms with van der Waals surface area (Å²) >= 11 is 0. The van der Waals surface area contributed by atoms with E-state index in [4.69, 9.17) is 0 Å². The van der Waals surface area contributed by atoms with Crippen molar-refractivity contribution < 1.29 is 0 Å². The molecule has 2 rings (SSSR count). The molecule has 0 N–H and O–H groups in total. The van der Waals surface area contributed by atoms with E-state index in [2.05, 4.69) is 11.9 Å². The Kier molecular flexibility index (Phi) is 6.98. The number of imidazole rings is 1. The first-order valence-corrected chi connectivity index (χ1v) is 4.80. The molecule has 15 heavy (non-hydrogen) atoms. The minimum absolute atomic E-state index is 0. The molecule has 0 bridgehead atoms. The molecule has 82 valence electrons. The smallest absolute Gasteiger partial charge is 0.108 e. The second kappa shape index (κ2) is 7.80. The molecule has 0 radical (unpaired) electrons. The van der Waals surface area contributed by atoms with Crippen molar-refractivity contribution in [2.24, 2.45) is 7.05 Å². The Morgan fingerprint density at radius 1 is 1.07 bits per heavy atom. The van der Waals surface area contributed by atoms with Crippen LogP contribution in [0.15, 0.2) is 48.8 Å². The number of aromatic nitrogens is 2. The van der Waals surface area contributed by atoms with Gasteiger partial charge in [-0.3, -0.25) is 0 Å². The van der Waals surface area contributed by atoms with E-state index in [1.807, 2.05) is 60.4 Å². The molecule has 0 saturated heterocycles. The van der Waals surface area contributed by atoms with E-state index in [0.717, 1.165) is 12.2 Å². The summed E-state index contributed by atoms with van der Waals surface area (Å²) in [7, 11) is 2.01. The minimum atomic E-state index is 0. The first kappa shape index (κ1) is 13.4. The quantitative estimate of drug-likeness (QED) is 0.697. The number of aryl methyl sites for hydroxylation is 2. The molecule has 0 saturated carbocycles. The second-order valence-electron chi connectivity index (χ2n) is 2.96. The molecule has 0 atom stereocenters. The van der Waals surface area contributed by atoms with Crippen LogP contribution in [0, 0.1) is 0 Å². The van der Waals surface area contributed by atoms with Crippen molar-refractivity contribution in [1.29, 1.82) is 0 Å². The van der Waals surface area contributed by atoms with E-state index >= 15 is 0 Å². The number of hydrogen-bond donors (Lipinski definition) is 0. The molecule has 0 aliphatic carbocycles. The number of benzene rings is 1. The number of rotatable bonds is 1. The third-order valence-corrected chi connectivity index (χ3v) is 1.90. The number of hydrogen-bond acceptors (Lipinski definition) is 1. The lowest BCUT2D eigenvalue weighted by molar-refractivity contribution is 0.808. The summed E-state index contributed by atoms with van der Waals surface area (Å²) in [5, 5.41) is 0. The highest BCUT2D eigenvalue weighted by Gasteiger charge is 1.90. The third kappa shape index (κ3) is 5.01. The summed E-state index contributed by atoms with van der Waals surface area (Å²) in [6.07, 6.45) is 4.79. The molecule has 1 aromatic carbocycles. The van der Waals surface area contributed by atoms with Crippen molar-refractivity contribution in [3.63, 3.8) is 0 Å². The van der Waals surface area contributed by atoms with Crippen molar-refractivity contribution >= 4 is 0 Å². The first-order valence-electron chi connectivity index (χ1n) is 4.80. The molecule has 0 spiro atoms. The molecule has 2 nitrogen and oxygen atoms in total. The maximum Gasteiger partial charge on any atom is 0.108 e. The maximum absolute atomic E-state index is 4.10. The maximum atomic E-state index is 4.10. The van der Waals surface area contributed by atoms with Crippen molar-refractivity contribution in [2.45, 2.75) is 20.8 Å². The van der Waals surface area contributed by atoms with Gasteiger partial charge in [0.1, 0.15) is 5.82 Å². The van der Waals surface area contributed by atoms with E-state index in [-0.39, 0.29) is 7.43 Å². The van der Waals surface area contributed by atoms with Crippen LogP contribution in [0.1, 0.15) is 20.2 Å². The molecule has 0 unspecified atom stereocenters. The monoisotopic (exact) mass is 204 g/mol. The van der Waals surface area contributed by atoms with E-state index < -0.39 is 0 Å². The van der Waals surface area contributed by atoms with Gasteiger partial charge in [0.25, 0.3) is 0 Å². The number of nitrogens with zero attached hydrogens (tertiary/aromatic N) is 2. The molecular formula is C13H20N2. The van der Waals surface area contributed by atoms with Crippen molar-refractivity contribution in [3.05, 3.63) is 54.6 Å². The van der Waals surface area contributed by atoms with Crippen LogP contribution in [0.25, 0.3) is 0 Å². The fourth-order valence-electron chi connectivity index (χ4n) is 1.12. The minimum Gasteiger partial charge on any atom is -0.338 e. The van der Waals surface area contributed by atoms with Crippen LogP contribution in [-0.4, -0.2) is 9.55 Å². The Labute approximate surface area is 92.6 Å². The zero-order valence-corrected chi connectivity index (χ0v) is 8.72. The summed E-state index contributed by atoms with van der Waals surface area (Å²) in [6, 6.07) is 12.0. The third-order valence-electron chi connectivity index (χ3n) is 1.90. The molecule has 0 aliphatic rings. The van der Waals surface area contributed by atoms with E-state index in [9.17, 15) is 0 Å². The summed E-state index contributed by atoms with van der Waals surface area (Å²) in [5.41, 5.74) is 0. The van der Waals surface area contributed by atoms with Crippen LogP contribution in [-0.2, 0) is 13.5 Å². The highest BCUT2D eigenvalue weighted by atomic mass is 15.0. The van der Waals surface area contributed by atoms with Crippen LogP contribution in [0.5, 0.6) is 0 Å². The van der Waals surface area contributed by atoms with Gasteiger partial charge in [-0.2, -0.15) is 0 Å². The van der Waals surface area contributed by atoms with Gasteiger partial charge in [-0.1, -0.05) is 50.7 Å². The Morgan fingerprint density at radius 3 is 1.73 bits per heavy atom. The van der Waals surface area contributed by atoms with Gasteiger partial charge in [-0.25, -0.2) is 4.98 Å². The topological polar surface area (TPSA) is 17.8 Å². The van der Waals surface area contributed by atoms with Crippen molar-refractivity contribution in [2.75, 3.05) is 0 Å². The standard InChI is InChI=1S/C6H10N2.C6H6.CH4/c1-3-6-7-4-5-8(6)2;1-2-4-6-5-3-1;/h4-5H,3H2,1-2H3;1-6H;1H4. The van der Waals surface area contributed by atoms with Crippen molar-refractivity contribution in [1.82, 2.24) is 9.55 Å². The van der Waals surface area contributed by atoms with Gasteiger partial charge < -0.3 is 4.57 Å². The zero-order chi connectivity index (χ0) is 10.2. The average molecular weight is 204 g/mol. The van der Waals surface area contributed by atoms with Gasteiger partial charge in [-0.15, -0.1) is 0 Å². The van der Waals surface area contributed by atoms with Gasteiger partial charge in [0, 0.05) is 25.9 Å². The molecule has 2 heteroatoms. The molecule has 0 aliphatic heterocycles. The fraction of sp³-hybridized carbons (Fsp3) is 0.308. The Bertz CT molecular complexity index is 312. The lowest BCUT2D eigenvalue weighted by Crippen LogP contribution is -1.92. The van der Waals surface area contributed by atoms with Crippen LogP contribution in [0.2, 0.25) is 0 Å². The Morgan fingerprint density at radius 2 is 1.53 bits per heavy atom. The second-order valence-corrected chi connectivity index (χ2v) is 2.96. The molecule has 2 aromatic rings. The molecular weight excluding hydrogens is 184 g/mol. The molecule has 0 fully saturated rings. The largest absolute Gasteiger partial charge is 0.338 e. The SMILES string of the molecule is C.CCc1nccn1C.c1ccccc1. The van der Waals surface area contributed by atoms with Gasteiger partial charge in [0.05, 0.1) is 0 Å². The first-order chi connectivity index (χ1) is 6.84. The summed E-state index contributed by atoms with van der Waals surface area (Å²) in [4.78, 5) is 4.10. The van der Waals surface area contributed by atoms with Gasteiger partial charge in [0.2, 0.25) is 0 Å². The zero-order valence-electron chi connectivity index (χ0n) is 8.72. The molecule has 0 amide bonds. The van der Waals surface area contributed by atoms with Gasteiger partial charge >= 0.3 is 0 Å². The summed E-state index contributed by atoms with van der Waals surface area (Å²) < 4.78 is 2.03. The van der Waals surface area contributed by atoms with E-state index in [0.29, 0.717) is 0 Å². The fourth-order valence-corrected chi connectivity index (χ4v) is 1.12. The Balaban J connectivity index is 0.000000253. The van der Waals surface area contributed by atoms with Crippen LogP contribution in [0.4, 0.5) is 0 Å². The lowest BCUT2D eigenvalue weighted by Gasteiger charge is -1.92. The van der Waals surface area contributed by atoms with Crippen LogP contribution >= 0.6 is 0 Å². The predicted octanol–water partition coefficient (Wildman–Crippen LogP) is 3.31. The predicted molar refractivity (Wildman–Crippen MR) is 65.8 cm³/mol. The summed E-state index contributed by atoms with van der Waals surface area (Å²) in [6.45, 7) is 2.10. The van der Waals surface area contributed by atoms with Crippen molar-refractivity contribution in [3.8, 4) is 0 Å². The molecule has 1 aromatic heterocycles. The highest BCUT2D eigenvalue weighted by Crippen LogP contribution is 1.92. The average Bonchev–Trinajstić information content (AvgIpc) is 2.67. The lowest BCUT2D eigenvalue weighted by atomic mass is 10.4. The van der Waals surface area contributed by atoms with E-state index in [1.54, 1.807) is 0 Å². The van der Waals surface area contributed by atoms with Gasteiger partial charge in [0.15, 0.2) is 0 Å². The van der Waals surface area contributed by atoms with E-state index in [1.165, 1.54) is 0 Å². The summed E-state index contributed by atoms with van der Waals surface area (Å²) in [5.74, 6) is 1.14. The normalized spacial score (nSPS) is 8.40. The Hall–Kier alpha value is -1.57.